The van der Waals surface area contributed by atoms with Gasteiger partial charge in [0.25, 0.3) is 0 Å². The van der Waals surface area contributed by atoms with Crippen molar-refractivity contribution in [2.45, 2.75) is 84.7 Å². The number of esters is 1. The van der Waals surface area contributed by atoms with E-state index in [-0.39, 0.29) is 46.1 Å². The second-order valence-electron chi connectivity index (χ2n) is 10.4. The molecule has 0 N–H and O–H groups in total. The normalized spacial score (nSPS) is 47.7. The third-order valence-corrected chi connectivity index (χ3v) is 9.20. The number of hydrogen-bond acceptors (Lipinski definition) is 5. The average molecular weight is 389 g/mol. The van der Waals surface area contributed by atoms with E-state index in [0.29, 0.717) is 31.5 Å². The molecule has 0 radical (unpaired) electrons. The van der Waals surface area contributed by atoms with E-state index < -0.39 is 11.6 Å². The molecular weight excluding hydrogens is 356 g/mol. The van der Waals surface area contributed by atoms with Crippen LogP contribution in [-0.4, -0.2) is 28.9 Å². The van der Waals surface area contributed by atoms with Gasteiger partial charge in [-0.15, -0.1) is 0 Å². The number of Topliss-reactive ketones (excluding diaryl/α,β-unsaturated/α-hetero) is 3. The van der Waals surface area contributed by atoms with Crippen LogP contribution in [0.5, 0.6) is 0 Å². The van der Waals surface area contributed by atoms with E-state index in [4.69, 9.17) is 4.74 Å². The first kappa shape index (κ1) is 19.8. The highest BCUT2D eigenvalue weighted by Crippen LogP contribution is 2.65. The summed E-state index contributed by atoms with van der Waals surface area (Å²) in [7, 11) is 0. The van der Waals surface area contributed by atoms with Crippen molar-refractivity contribution in [1.82, 2.24) is 0 Å². The second-order valence-corrected chi connectivity index (χ2v) is 10.4. The molecule has 0 aromatic heterocycles. The van der Waals surface area contributed by atoms with Crippen LogP contribution in [0.4, 0.5) is 0 Å². The van der Waals surface area contributed by atoms with Crippen LogP contribution < -0.4 is 0 Å². The molecular formula is C23H32O5. The maximum absolute atomic E-state index is 13.3. The lowest BCUT2D eigenvalue weighted by molar-refractivity contribution is -0.187. The van der Waals surface area contributed by atoms with Gasteiger partial charge in [0.2, 0.25) is 0 Å². The topological polar surface area (TPSA) is 77.5 Å². The number of rotatable bonds is 2. The van der Waals surface area contributed by atoms with Gasteiger partial charge in [-0.05, 0) is 68.6 Å². The van der Waals surface area contributed by atoms with Crippen molar-refractivity contribution in [1.29, 1.82) is 0 Å². The molecule has 0 bridgehead atoms. The zero-order valence-corrected chi connectivity index (χ0v) is 17.5. The van der Waals surface area contributed by atoms with E-state index in [1.807, 2.05) is 0 Å². The molecule has 7 unspecified atom stereocenters. The highest BCUT2D eigenvalue weighted by Gasteiger charge is 2.64. The molecule has 0 spiro atoms. The van der Waals surface area contributed by atoms with Gasteiger partial charge in [0.1, 0.15) is 11.6 Å². The monoisotopic (exact) mass is 388 g/mol. The molecule has 7 atom stereocenters. The summed E-state index contributed by atoms with van der Waals surface area (Å²) in [5, 5.41) is 0. The lowest BCUT2D eigenvalue weighted by Crippen LogP contribution is -2.60. The van der Waals surface area contributed by atoms with Crippen molar-refractivity contribution in [3.8, 4) is 0 Å². The third-order valence-electron chi connectivity index (χ3n) is 9.20. The van der Waals surface area contributed by atoms with Crippen LogP contribution in [-0.2, 0) is 23.9 Å². The molecule has 5 nitrogen and oxygen atoms in total. The minimum atomic E-state index is -1.07. The number of carbonyl (C=O) groups excluding carboxylic acids is 4. The highest BCUT2D eigenvalue weighted by molar-refractivity contribution is 5.91. The summed E-state index contributed by atoms with van der Waals surface area (Å²) in [5.41, 5.74) is -1.43. The van der Waals surface area contributed by atoms with Crippen LogP contribution in [0.2, 0.25) is 0 Å². The Morgan fingerprint density at radius 3 is 2.36 bits per heavy atom. The Kier molecular flexibility index (Phi) is 4.41. The molecule has 28 heavy (non-hydrogen) atoms. The predicted octanol–water partition coefficient (Wildman–Crippen LogP) is 3.67. The van der Waals surface area contributed by atoms with Gasteiger partial charge in [0, 0.05) is 31.1 Å². The molecule has 4 aliphatic rings. The maximum Gasteiger partial charge on any atom is 0.303 e. The van der Waals surface area contributed by atoms with E-state index in [1.54, 1.807) is 0 Å². The summed E-state index contributed by atoms with van der Waals surface area (Å²) in [6, 6.07) is 0. The van der Waals surface area contributed by atoms with Crippen LogP contribution in [0, 0.1) is 34.5 Å². The summed E-state index contributed by atoms with van der Waals surface area (Å²) in [6.07, 6.45) is 5.44. The molecule has 0 saturated heterocycles. The van der Waals surface area contributed by atoms with Crippen LogP contribution in [0.15, 0.2) is 0 Å². The van der Waals surface area contributed by atoms with Crippen molar-refractivity contribution >= 4 is 23.3 Å². The van der Waals surface area contributed by atoms with Gasteiger partial charge in [0.15, 0.2) is 11.4 Å². The Balaban J connectivity index is 1.66. The minimum Gasteiger partial charge on any atom is -0.451 e. The molecule has 0 aromatic carbocycles. The standard InChI is InChI=1S/C23H32O5/c1-13(24)23(28-14(2)25)10-9-21(3)15(12-23)11-18(26)20-16-5-6-19(27)22(16,4)8-7-17(20)21/h15-17,20H,5-12H2,1-4H3. The number of ether oxygens (including phenoxy) is 1. The van der Waals surface area contributed by atoms with Gasteiger partial charge in [-0.3, -0.25) is 19.2 Å². The van der Waals surface area contributed by atoms with Crippen LogP contribution in [0.3, 0.4) is 0 Å². The minimum absolute atomic E-state index is 0.0231. The quantitative estimate of drug-likeness (QED) is 0.675. The van der Waals surface area contributed by atoms with E-state index >= 15 is 0 Å². The molecule has 0 aliphatic heterocycles. The largest absolute Gasteiger partial charge is 0.451 e. The first-order valence-corrected chi connectivity index (χ1v) is 10.8. The zero-order valence-electron chi connectivity index (χ0n) is 17.5. The highest BCUT2D eigenvalue weighted by atomic mass is 16.6. The molecule has 5 heteroatoms. The van der Waals surface area contributed by atoms with Gasteiger partial charge < -0.3 is 4.74 Å². The summed E-state index contributed by atoms with van der Waals surface area (Å²) in [4.78, 5) is 50.0. The summed E-state index contributed by atoms with van der Waals surface area (Å²) in [5.74, 6) is 0.533. The van der Waals surface area contributed by atoms with Crippen LogP contribution in [0.25, 0.3) is 0 Å². The van der Waals surface area contributed by atoms with Crippen LogP contribution >= 0.6 is 0 Å². The molecule has 4 rings (SSSR count). The zero-order chi connectivity index (χ0) is 20.5. The van der Waals surface area contributed by atoms with Gasteiger partial charge in [-0.2, -0.15) is 0 Å². The summed E-state index contributed by atoms with van der Waals surface area (Å²) in [6.45, 7) is 7.20. The maximum atomic E-state index is 13.3. The van der Waals surface area contributed by atoms with Crippen molar-refractivity contribution in [3.63, 3.8) is 0 Å². The molecule has 4 saturated carbocycles. The van der Waals surface area contributed by atoms with Crippen molar-refractivity contribution in [2.24, 2.45) is 34.5 Å². The molecule has 4 fully saturated rings. The SMILES string of the molecule is CC(=O)OC1(C(C)=O)CCC2(C)C(CC(=O)C3C4CCC(=O)C4(C)CCC32)C1. The third kappa shape index (κ3) is 2.57. The van der Waals surface area contributed by atoms with Crippen molar-refractivity contribution in [2.75, 3.05) is 0 Å². The summed E-state index contributed by atoms with van der Waals surface area (Å²) < 4.78 is 5.56. The number of ketones is 3. The Morgan fingerprint density at radius 1 is 1.00 bits per heavy atom. The van der Waals surface area contributed by atoms with Crippen molar-refractivity contribution < 1.29 is 23.9 Å². The first-order valence-electron chi connectivity index (χ1n) is 10.8. The van der Waals surface area contributed by atoms with Crippen molar-refractivity contribution in [3.05, 3.63) is 0 Å². The van der Waals surface area contributed by atoms with Crippen LogP contribution in [0.1, 0.15) is 79.1 Å². The number of hydrogen-bond donors (Lipinski definition) is 0. The Morgan fingerprint density at radius 2 is 1.71 bits per heavy atom. The fourth-order valence-corrected chi connectivity index (χ4v) is 7.44. The van der Waals surface area contributed by atoms with E-state index in [9.17, 15) is 19.2 Å². The number of carbonyl (C=O) groups is 4. The first-order chi connectivity index (χ1) is 13.0. The Labute approximate surface area is 167 Å². The fraction of sp³-hybridized carbons (Fsp3) is 0.826. The second kappa shape index (κ2) is 6.24. The van der Waals surface area contributed by atoms with Gasteiger partial charge >= 0.3 is 5.97 Å². The Bertz CT molecular complexity index is 756. The lowest BCUT2D eigenvalue weighted by Gasteiger charge is -2.60. The number of fused-ring (bicyclic) bond motifs is 5. The van der Waals surface area contributed by atoms with E-state index in [2.05, 4.69) is 13.8 Å². The van der Waals surface area contributed by atoms with Gasteiger partial charge in [0.05, 0.1) is 0 Å². The fourth-order valence-electron chi connectivity index (χ4n) is 7.44. The predicted molar refractivity (Wildman–Crippen MR) is 102 cm³/mol. The van der Waals surface area contributed by atoms with E-state index in [1.165, 1.54) is 13.8 Å². The summed E-state index contributed by atoms with van der Waals surface area (Å²) >= 11 is 0. The molecule has 0 aromatic rings. The smallest absolute Gasteiger partial charge is 0.303 e. The molecule has 0 amide bonds. The van der Waals surface area contributed by atoms with Gasteiger partial charge in [-0.1, -0.05) is 13.8 Å². The molecule has 0 heterocycles. The van der Waals surface area contributed by atoms with Gasteiger partial charge in [-0.25, -0.2) is 0 Å². The van der Waals surface area contributed by atoms with E-state index in [0.717, 1.165) is 25.7 Å². The Hall–Kier alpha value is -1.52. The lowest BCUT2D eigenvalue weighted by atomic mass is 9.44. The molecule has 4 aliphatic carbocycles. The molecule has 154 valence electrons. The average Bonchev–Trinajstić information content (AvgIpc) is 2.91.